The third-order valence-corrected chi connectivity index (χ3v) is 3.86. The molecule has 0 aromatic carbocycles. The van der Waals surface area contributed by atoms with Crippen molar-refractivity contribution in [3.05, 3.63) is 24.0 Å². The van der Waals surface area contributed by atoms with Gasteiger partial charge in [-0.2, -0.15) is 0 Å². The molecule has 1 fully saturated rings. The molecule has 0 unspecified atom stereocenters. The molecule has 0 aliphatic heterocycles. The summed E-state index contributed by atoms with van der Waals surface area (Å²) in [6.45, 7) is 2.24. The fourth-order valence-electron chi connectivity index (χ4n) is 2.59. The molecule has 1 aliphatic rings. The number of amides is 1. The number of carbonyl (C=O) groups is 1. The third-order valence-electron chi connectivity index (χ3n) is 3.86. The molecular formula is C14H21N3O. The second-order valence-corrected chi connectivity index (χ2v) is 5.06. The van der Waals surface area contributed by atoms with Gasteiger partial charge >= 0.3 is 0 Å². The van der Waals surface area contributed by atoms with Crippen molar-refractivity contribution < 1.29 is 4.79 Å². The molecule has 3 N–H and O–H groups in total. The van der Waals surface area contributed by atoms with E-state index in [1.165, 1.54) is 25.5 Å². The first-order valence-electron chi connectivity index (χ1n) is 6.71. The summed E-state index contributed by atoms with van der Waals surface area (Å²) in [7, 11) is 0. The maximum atomic E-state index is 12.1. The maximum absolute atomic E-state index is 12.1. The van der Waals surface area contributed by atoms with E-state index < -0.39 is 0 Å². The minimum Gasteiger partial charge on any atom is -0.397 e. The number of aromatic nitrogens is 1. The molecule has 0 radical (unpaired) electrons. The SMILES string of the molecule is CCC1CCC(NC(=O)c2ccncc2N)CC1. The van der Waals surface area contributed by atoms with Crippen molar-refractivity contribution >= 4 is 11.6 Å². The van der Waals surface area contributed by atoms with Gasteiger partial charge in [-0.05, 0) is 37.7 Å². The summed E-state index contributed by atoms with van der Waals surface area (Å²) >= 11 is 0. The summed E-state index contributed by atoms with van der Waals surface area (Å²) in [5.74, 6) is 0.763. The quantitative estimate of drug-likeness (QED) is 0.861. The minimum atomic E-state index is -0.0742. The van der Waals surface area contributed by atoms with Crippen molar-refractivity contribution in [1.29, 1.82) is 0 Å². The van der Waals surface area contributed by atoms with E-state index in [1.54, 1.807) is 12.3 Å². The highest BCUT2D eigenvalue weighted by molar-refractivity contribution is 5.98. The topological polar surface area (TPSA) is 68.0 Å². The standard InChI is InChI=1S/C14H21N3O/c1-2-10-3-5-11(6-4-10)17-14(18)12-7-8-16-9-13(12)15/h7-11H,2-6,15H2,1H3,(H,17,18). The van der Waals surface area contributed by atoms with Gasteiger partial charge in [0.15, 0.2) is 0 Å². The number of nitrogens with two attached hydrogens (primary N) is 1. The van der Waals surface area contributed by atoms with E-state index in [2.05, 4.69) is 17.2 Å². The van der Waals surface area contributed by atoms with Crippen LogP contribution >= 0.6 is 0 Å². The zero-order valence-corrected chi connectivity index (χ0v) is 10.9. The van der Waals surface area contributed by atoms with Crippen LogP contribution in [0.3, 0.4) is 0 Å². The summed E-state index contributed by atoms with van der Waals surface area (Å²) in [5.41, 5.74) is 6.72. The maximum Gasteiger partial charge on any atom is 0.253 e. The smallest absolute Gasteiger partial charge is 0.253 e. The lowest BCUT2D eigenvalue weighted by atomic mass is 9.84. The Kier molecular flexibility index (Phi) is 4.18. The summed E-state index contributed by atoms with van der Waals surface area (Å²) < 4.78 is 0. The minimum absolute atomic E-state index is 0.0742. The summed E-state index contributed by atoms with van der Waals surface area (Å²) in [4.78, 5) is 16.0. The van der Waals surface area contributed by atoms with Gasteiger partial charge in [-0.1, -0.05) is 13.3 Å². The van der Waals surface area contributed by atoms with Crippen LogP contribution in [0, 0.1) is 5.92 Å². The van der Waals surface area contributed by atoms with E-state index in [-0.39, 0.29) is 5.91 Å². The van der Waals surface area contributed by atoms with E-state index in [0.717, 1.165) is 18.8 Å². The van der Waals surface area contributed by atoms with Crippen molar-refractivity contribution in [1.82, 2.24) is 10.3 Å². The largest absolute Gasteiger partial charge is 0.397 e. The van der Waals surface area contributed by atoms with Crippen LogP contribution in [-0.2, 0) is 0 Å². The van der Waals surface area contributed by atoms with E-state index in [4.69, 9.17) is 5.73 Å². The first-order chi connectivity index (χ1) is 8.70. The second kappa shape index (κ2) is 5.85. The van der Waals surface area contributed by atoms with Gasteiger partial charge in [-0.3, -0.25) is 9.78 Å². The average Bonchev–Trinajstić information content (AvgIpc) is 2.40. The van der Waals surface area contributed by atoms with Crippen LogP contribution in [0.1, 0.15) is 49.4 Å². The molecular weight excluding hydrogens is 226 g/mol. The predicted molar refractivity (Wildman–Crippen MR) is 72.2 cm³/mol. The number of pyridine rings is 1. The van der Waals surface area contributed by atoms with Crippen molar-refractivity contribution in [2.75, 3.05) is 5.73 Å². The van der Waals surface area contributed by atoms with Gasteiger partial charge in [0.2, 0.25) is 0 Å². The second-order valence-electron chi connectivity index (χ2n) is 5.06. The van der Waals surface area contributed by atoms with Crippen molar-refractivity contribution in [3.8, 4) is 0 Å². The molecule has 4 nitrogen and oxygen atoms in total. The number of carbonyl (C=O) groups excluding carboxylic acids is 1. The van der Waals surface area contributed by atoms with Gasteiger partial charge < -0.3 is 11.1 Å². The van der Waals surface area contributed by atoms with Gasteiger partial charge in [-0.25, -0.2) is 0 Å². The summed E-state index contributed by atoms with van der Waals surface area (Å²) in [6.07, 6.45) is 8.95. The lowest BCUT2D eigenvalue weighted by Gasteiger charge is -2.28. The third kappa shape index (κ3) is 3.00. The van der Waals surface area contributed by atoms with Crippen molar-refractivity contribution in [2.24, 2.45) is 5.92 Å². The van der Waals surface area contributed by atoms with Gasteiger partial charge in [0.25, 0.3) is 5.91 Å². The van der Waals surface area contributed by atoms with Crippen LogP contribution in [0.2, 0.25) is 0 Å². The normalized spacial score (nSPS) is 23.6. The molecule has 1 amide bonds. The Morgan fingerprint density at radius 3 is 2.78 bits per heavy atom. The van der Waals surface area contributed by atoms with Gasteiger partial charge in [-0.15, -0.1) is 0 Å². The first-order valence-corrected chi connectivity index (χ1v) is 6.71. The van der Waals surface area contributed by atoms with Crippen LogP contribution in [0.15, 0.2) is 18.5 Å². The molecule has 1 saturated carbocycles. The number of nitrogens with zero attached hydrogens (tertiary/aromatic N) is 1. The highest BCUT2D eigenvalue weighted by atomic mass is 16.1. The van der Waals surface area contributed by atoms with Gasteiger partial charge in [0.05, 0.1) is 17.4 Å². The first kappa shape index (κ1) is 12.9. The molecule has 0 bridgehead atoms. The fourth-order valence-corrected chi connectivity index (χ4v) is 2.59. The number of nitrogens with one attached hydrogen (secondary N) is 1. The lowest BCUT2D eigenvalue weighted by molar-refractivity contribution is 0.0922. The van der Waals surface area contributed by atoms with E-state index in [9.17, 15) is 4.79 Å². The molecule has 4 heteroatoms. The average molecular weight is 247 g/mol. The Morgan fingerprint density at radius 1 is 1.44 bits per heavy atom. The molecule has 18 heavy (non-hydrogen) atoms. The van der Waals surface area contributed by atoms with Crippen LogP contribution in [0.25, 0.3) is 0 Å². The van der Waals surface area contributed by atoms with Gasteiger partial charge in [0.1, 0.15) is 0 Å². The molecule has 1 aromatic rings. The highest BCUT2D eigenvalue weighted by Crippen LogP contribution is 2.26. The number of hydrogen-bond acceptors (Lipinski definition) is 3. The number of nitrogen functional groups attached to an aromatic ring is 1. The summed E-state index contributed by atoms with van der Waals surface area (Å²) in [6, 6.07) is 1.97. The fraction of sp³-hybridized carbons (Fsp3) is 0.571. The van der Waals surface area contributed by atoms with E-state index in [0.29, 0.717) is 17.3 Å². The Morgan fingerprint density at radius 2 is 2.17 bits per heavy atom. The monoisotopic (exact) mass is 247 g/mol. The lowest BCUT2D eigenvalue weighted by Crippen LogP contribution is -2.37. The molecule has 1 heterocycles. The molecule has 1 aliphatic carbocycles. The Balaban J connectivity index is 1.91. The molecule has 0 spiro atoms. The van der Waals surface area contributed by atoms with Crippen LogP contribution in [-0.4, -0.2) is 16.9 Å². The van der Waals surface area contributed by atoms with E-state index >= 15 is 0 Å². The number of rotatable bonds is 3. The molecule has 98 valence electrons. The zero-order valence-electron chi connectivity index (χ0n) is 10.9. The van der Waals surface area contributed by atoms with E-state index in [1.807, 2.05) is 0 Å². The summed E-state index contributed by atoms with van der Waals surface area (Å²) in [5, 5.41) is 3.07. The van der Waals surface area contributed by atoms with Crippen LogP contribution in [0.4, 0.5) is 5.69 Å². The van der Waals surface area contributed by atoms with Crippen molar-refractivity contribution in [3.63, 3.8) is 0 Å². The van der Waals surface area contributed by atoms with Gasteiger partial charge in [0, 0.05) is 12.2 Å². The Bertz CT molecular complexity index is 411. The number of hydrogen-bond donors (Lipinski definition) is 2. The molecule has 0 saturated heterocycles. The van der Waals surface area contributed by atoms with Crippen LogP contribution in [0.5, 0.6) is 0 Å². The zero-order chi connectivity index (χ0) is 13.0. The van der Waals surface area contributed by atoms with Crippen molar-refractivity contribution in [2.45, 2.75) is 45.1 Å². The highest BCUT2D eigenvalue weighted by Gasteiger charge is 2.22. The molecule has 2 rings (SSSR count). The van der Waals surface area contributed by atoms with Crippen LogP contribution < -0.4 is 11.1 Å². The number of anilines is 1. The predicted octanol–water partition coefficient (Wildman–Crippen LogP) is 2.36. The molecule has 0 atom stereocenters. The molecule has 1 aromatic heterocycles. The Hall–Kier alpha value is -1.58. The Labute approximate surface area is 108 Å².